The minimum Gasteiger partial charge on any atom is -0.452 e. The van der Waals surface area contributed by atoms with Crippen molar-refractivity contribution in [3.63, 3.8) is 0 Å². The molecule has 0 aromatic carbocycles. The molecule has 1 heterocycles. The first-order valence-electron chi connectivity index (χ1n) is 2.73. The predicted octanol–water partition coefficient (Wildman–Crippen LogP) is 2.31. The zero-order valence-corrected chi connectivity index (χ0v) is 7.39. The molecule has 0 amide bonds. The second-order valence-electron chi connectivity index (χ2n) is 1.81. The molecule has 1 aromatic heterocycles. The summed E-state index contributed by atoms with van der Waals surface area (Å²) in [6.45, 7) is 0. The minimum atomic E-state index is -0.701. The molecule has 0 spiro atoms. The summed E-state index contributed by atoms with van der Waals surface area (Å²) in [4.78, 5) is 0. The molecule has 1 unspecified atom stereocenters. The van der Waals surface area contributed by atoms with Crippen molar-refractivity contribution in [1.82, 2.24) is 0 Å². The van der Waals surface area contributed by atoms with Crippen molar-refractivity contribution in [2.24, 2.45) is 0 Å². The predicted molar refractivity (Wildman–Crippen MR) is 42.1 cm³/mol. The van der Waals surface area contributed by atoms with Crippen LogP contribution in [0.1, 0.15) is 11.9 Å². The van der Waals surface area contributed by atoms with Gasteiger partial charge in [0.2, 0.25) is 0 Å². The summed E-state index contributed by atoms with van der Waals surface area (Å²) < 4.78 is 5.62. The van der Waals surface area contributed by atoms with Crippen LogP contribution < -0.4 is 0 Å². The summed E-state index contributed by atoms with van der Waals surface area (Å²) in [5.74, 6) is 0.641. The summed E-state index contributed by atoms with van der Waals surface area (Å²) in [6, 6.07) is 3.39. The fourth-order valence-corrected chi connectivity index (χ4v) is 1.05. The van der Waals surface area contributed by atoms with Crippen LogP contribution in [0.5, 0.6) is 0 Å². The topological polar surface area (TPSA) is 33.4 Å². The van der Waals surface area contributed by atoms with Crippen LogP contribution in [0.15, 0.2) is 21.2 Å². The number of aliphatic hydroxyl groups excluding tert-OH is 1. The zero-order valence-electron chi connectivity index (χ0n) is 5.05. The lowest BCUT2D eigenvalue weighted by molar-refractivity contribution is 0.171. The van der Waals surface area contributed by atoms with Gasteiger partial charge in [-0.25, -0.2) is 0 Å². The third-order valence-corrected chi connectivity index (χ3v) is 1.79. The van der Waals surface area contributed by atoms with Crippen molar-refractivity contribution in [2.75, 3.05) is 5.88 Å². The summed E-state index contributed by atoms with van der Waals surface area (Å²) in [7, 11) is 0. The lowest BCUT2D eigenvalue weighted by atomic mass is 10.3. The Labute approximate surface area is 71.9 Å². The van der Waals surface area contributed by atoms with Gasteiger partial charge in [0.1, 0.15) is 11.9 Å². The number of furan rings is 1. The van der Waals surface area contributed by atoms with Crippen molar-refractivity contribution in [1.29, 1.82) is 0 Å². The van der Waals surface area contributed by atoms with E-state index in [1.54, 1.807) is 12.1 Å². The van der Waals surface area contributed by atoms with Crippen molar-refractivity contribution >= 4 is 27.5 Å². The van der Waals surface area contributed by atoms with E-state index in [-0.39, 0.29) is 5.88 Å². The zero-order chi connectivity index (χ0) is 7.56. The first-order chi connectivity index (χ1) is 4.74. The third-order valence-electron chi connectivity index (χ3n) is 1.07. The lowest BCUT2D eigenvalue weighted by Crippen LogP contribution is -1.95. The molecule has 10 heavy (non-hydrogen) atoms. The van der Waals surface area contributed by atoms with Gasteiger partial charge >= 0.3 is 0 Å². The van der Waals surface area contributed by atoms with Crippen LogP contribution in [-0.2, 0) is 0 Å². The van der Waals surface area contributed by atoms with E-state index in [1.165, 1.54) is 0 Å². The van der Waals surface area contributed by atoms with E-state index in [2.05, 4.69) is 15.9 Å². The van der Waals surface area contributed by atoms with Gasteiger partial charge in [-0.05, 0) is 28.1 Å². The van der Waals surface area contributed by atoms with Gasteiger partial charge in [-0.3, -0.25) is 0 Å². The molecule has 4 heteroatoms. The van der Waals surface area contributed by atoms with Crippen LogP contribution >= 0.6 is 27.5 Å². The summed E-state index contributed by atoms with van der Waals surface area (Å²) in [6.07, 6.45) is -0.701. The van der Waals surface area contributed by atoms with Gasteiger partial charge in [-0.1, -0.05) is 0 Å². The highest BCUT2D eigenvalue weighted by atomic mass is 79.9. The summed E-state index contributed by atoms with van der Waals surface area (Å²) in [5.41, 5.74) is 0. The normalized spacial score (nSPS) is 13.5. The van der Waals surface area contributed by atoms with Crippen LogP contribution in [0, 0.1) is 0 Å². The molecule has 0 saturated heterocycles. The molecule has 0 aliphatic carbocycles. The number of aliphatic hydroxyl groups is 1. The molecule has 1 rings (SSSR count). The van der Waals surface area contributed by atoms with Crippen molar-refractivity contribution < 1.29 is 9.52 Å². The van der Waals surface area contributed by atoms with E-state index in [0.29, 0.717) is 10.4 Å². The van der Waals surface area contributed by atoms with Gasteiger partial charge in [0.15, 0.2) is 4.67 Å². The van der Waals surface area contributed by atoms with Gasteiger partial charge in [-0.15, -0.1) is 11.6 Å². The Kier molecular flexibility index (Phi) is 2.77. The molecular formula is C6H6BrClO2. The highest BCUT2D eigenvalue weighted by Crippen LogP contribution is 2.20. The van der Waals surface area contributed by atoms with Gasteiger partial charge < -0.3 is 9.52 Å². The molecule has 1 N–H and O–H groups in total. The molecule has 0 saturated carbocycles. The number of hydrogen-bond acceptors (Lipinski definition) is 2. The molecule has 56 valence electrons. The largest absolute Gasteiger partial charge is 0.452 e. The van der Waals surface area contributed by atoms with E-state index in [9.17, 15) is 0 Å². The van der Waals surface area contributed by atoms with E-state index in [0.717, 1.165) is 0 Å². The van der Waals surface area contributed by atoms with Crippen molar-refractivity contribution in [3.8, 4) is 0 Å². The standard InChI is InChI=1S/C6H6BrClO2/c7-6-2-1-5(10-6)4(9)3-8/h1-2,4,9H,3H2. The van der Waals surface area contributed by atoms with Crippen molar-refractivity contribution in [2.45, 2.75) is 6.10 Å². The highest BCUT2D eigenvalue weighted by molar-refractivity contribution is 9.10. The molecule has 0 bridgehead atoms. The van der Waals surface area contributed by atoms with Crippen molar-refractivity contribution in [3.05, 3.63) is 22.6 Å². The Morgan fingerprint density at radius 1 is 1.70 bits per heavy atom. The molecule has 2 nitrogen and oxygen atoms in total. The number of halogens is 2. The maximum atomic E-state index is 9.10. The van der Waals surface area contributed by atoms with Gasteiger partial charge in [-0.2, -0.15) is 0 Å². The molecule has 0 aliphatic heterocycles. The highest BCUT2D eigenvalue weighted by Gasteiger charge is 2.09. The van der Waals surface area contributed by atoms with Crippen LogP contribution in [0.25, 0.3) is 0 Å². The average molecular weight is 225 g/mol. The van der Waals surface area contributed by atoms with Gasteiger partial charge in [0, 0.05) is 0 Å². The Morgan fingerprint density at radius 2 is 2.40 bits per heavy atom. The fourth-order valence-electron chi connectivity index (χ4n) is 0.583. The molecule has 0 aliphatic rings. The average Bonchev–Trinajstić information content (AvgIpc) is 2.34. The Hall–Kier alpha value is 0.01000. The maximum absolute atomic E-state index is 9.10. The Morgan fingerprint density at radius 3 is 2.80 bits per heavy atom. The van der Waals surface area contributed by atoms with E-state index in [1.807, 2.05) is 0 Å². The first kappa shape index (κ1) is 8.11. The fraction of sp³-hybridized carbons (Fsp3) is 0.333. The molecule has 0 fully saturated rings. The molecule has 1 atom stereocenters. The smallest absolute Gasteiger partial charge is 0.169 e. The van der Waals surface area contributed by atoms with Crippen LogP contribution in [0.4, 0.5) is 0 Å². The van der Waals surface area contributed by atoms with Crippen LogP contribution in [0.3, 0.4) is 0 Å². The molecule has 0 radical (unpaired) electrons. The lowest BCUT2D eigenvalue weighted by Gasteiger charge is -1.99. The van der Waals surface area contributed by atoms with E-state index in [4.69, 9.17) is 21.1 Å². The van der Waals surface area contributed by atoms with Gasteiger partial charge in [0.25, 0.3) is 0 Å². The van der Waals surface area contributed by atoms with E-state index >= 15 is 0 Å². The summed E-state index contributed by atoms with van der Waals surface area (Å²) in [5, 5.41) is 9.10. The maximum Gasteiger partial charge on any atom is 0.169 e. The Balaban J connectivity index is 2.74. The summed E-state index contributed by atoms with van der Waals surface area (Å²) >= 11 is 8.48. The number of rotatable bonds is 2. The third kappa shape index (κ3) is 1.75. The SMILES string of the molecule is OC(CCl)c1ccc(Br)o1. The van der Waals surface area contributed by atoms with E-state index < -0.39 is 6.10 Å². The number of alkyl halides is 1. The molecular weight excluding hydrogens is 219 g/mol. The monoisotopic (exact) mass is 224 g/mol. The molecule has 1 aromatic rings. The second-order valence-corrected chi connectivity index (χ2v) is 2.90. The Bertz CT molecular complexity index is 211. The van der Waals surface area contributed by atoms with Crippen LogP contribution in [-0.4, -0.2) is 11.0 Å². The van der Waals surface area contributed by atoms with Crippen LogP contribution in [0.2, 0.25) is 0 Å². The minimum absolute atomic E-state index is 0.153. The number of hydrogen-bond donors (Lipinski definition) is 1. The quantitative estimate of drug-likeness (QED) is 0.784. The second kappa shape index (κ2) is 3.42. The first-order valence-corrected chi connectivity index (χ1v) is 4.06. The van der Waals surface area contributed by atoms with Gasteiger partial charge in [0.05, 0.1) is 5.88 Å².